The van der Waals surface area contributed by atoms with E-state index in [1.807, 2.05) is 6.92 Å². The van der Waals surface area contributed by atoms with Crippen LogP contribution in [-0.4, -0.2) is 39.8 Å². The number of hydrogen-bond acceptors (Lipinski definition) is 3. The summed E-state index contributed by atoms with van der Waals surface area (Å²) in [4.78, 5) is 32.8. The Morgan fingerprint density at radius 1 is 1.28 bits per heavy atom. The van der Waals surface area contributed by atoms with E-state index in [-0.39, 0.29) is 18.4 Å². The zero-order chi connectivity index (χ0) is 13.8. The Kier molecular flexibility index (Phi) is 4.52. The topological polar surface area (TPSA) is 116 Å². The van der Waals surface area contributed by atoms with Crippen LogP contribution in [-0.2, 0) is 9.59 Å². The smallest absolute Gasteiger partial charge is 0.326 e. The molecule has 0 saturated heterocycles. The largest absolute Gasteiger partial charge is 0.481 e. The average molecular weight is 258 g/mol. The maximum Gasteiger partial charge on any atom is 0.326 e. The summed E-state index contributed by atoms with van der Waals surface area (Å²) >= 11 is 0. The summed E-state index contributed by atoms with van der Waals surface area (Å²) in [5.41, 5.74) is -0.264. The molecule has 1 aliphatic carbocycles. The lowest BCUT2D eigenvalue weighted by Crippen LogP contribution is -2.56. The first-order valence-corrected chi connectivity index (χ1v) is 5.86. The highest BCUT2D eigenvalue weighted by Gasteiger charge is 2.34. The summed E-state index contributed by atoms with van der Waals surface area (Å²) in [6.07, 6.45) is 2.35. The lowest BCUT2D eigenvalue weighted by Gasteiger charge is -2.39. The zero-order valence-corrected chi connectivity index (χ0v) is 10.2. The molecule has 4 N–H and O–H groups in total. The number of nitrogens with one attached hydrogen (secondary N) is 2. The van der Waals surface area contributed by atoms with Gasteiger partial charge in [0.1, 0.15) is 6.04 Å². The van der Waals surface area contributed by atoms with Gasteiger partial charge in [-0.2, -0.15) is 0 Å². The zero-order valence-electron chi connectivity index (χ0n) is 10.2. The van der Waals surface area contributed by atoms with Crippen molar-refractivity contribution in [2.45, 2.75) is 50.6 Å². The number of aliphatic carboxylic acids is 2. The van der Waals surface area contributed by atoms with Gasteiger partial charge in [0, 0.05) is 12.0 Å². The Labute approximate surface area is 105 Å². The molecular weight excluding hydrogens is 240 g/mol. The van der Waals surface area contributed by atoms with E-state index < -0.39 is 24.0 Å². The maximum absolute atomic E-state index is 11.6. The molecule has 1 saturated carbocycles. The van der Waals surface area contributed by atoms with E-state index in [4.69, 9.17) is 10.2 Å². The highest BCUT2D eigenvalue weighted by Crippen LogP contribution is 2.30. The molecule has 0 heterocycles. The van der Waals surface area contributed by atoms with Crippen molar-refractivity contribution in [3.05, 3.63) is 0 Å². The van der Waals surface area contributed by atoms with Crippen LogP contribution < -0.4 is 10.6 Å². The van der Waals surface area contributed by atoms with E-state index in [1.165, 1.54) is 0 Å². The van der Waals surface area contributed by atoms with Crippen LogP contribution in [0.15, 0.2) is 0 Å². The van der Waals surface area contributed by atoms with Crippen LogP contribution >= 0.6 is 0 Å². The third kappa shape index (κ3) is 4.23. The Bertz CT molecular complexity index is 351. The Balaban J connectivity index is 2.42. The van der Waals surface area contributed by atoms with Gasteiger partial charge in [0.15, 0.2) is 0 Å². The molecule has 7 heteroatoms. The molecule has 0 aromatic carbocycles. The number of hydrogen-bond donors (Lipinski definition) is 4. The number of amides is 2. The molecule has 0 radical (unpaired) electrons. The minimum atomic E-state index is -1.23. The molecule has 1 rings (SSSR count). The minimum absolute atomic E-state index is 0.130. The van der Waals surface area contributed by atoms with Crippen molar-refractivity contribution in [1.82, 2.24) is 10.6 Å². The predicted molar refractivity (Wildman–Crippen MR) is 62.2 cm³/mol. The molecular formula is C11H18N2O5. The number of carboxylic acids is 2. The van der Waals surface area contributed by atoms with Gasteiger partial charge in [0.25, 0.3) is 0 Å². The lowest BCUT2D eigenvalue weighted by molar-refractivity contribution is -0.140. The second kappa shape index (κ2) is 5.70. The van der Waals surface area contributed by atoms with Crippen LogP contribution in [0, 0.1) is 0 Å². The fourth-order valence-corrected chi connectivity index (χ4v) is 1.83. The number of carbonyl (C=O) groups excluding carboxylic acids is 1. The van der Waals surface area contributed by atoms with Gasteiger partial charge in [-0.1, -0.05) is 0 Å². The molecule has 1 atom stereocenters. The first kappa shape index (κ1) is 14.3. The van der Waals surface area contributed by atoms with Crippen molar-refractivity contribution in [2.75, 3.05) is 0 Å². The average Bonchev–Trinajstić information content (AvgIpc) is 2.21. The Hall–Kier alpha value is -1.79. The molecule has 18 heavy (non-hydrogen) atoms. The standard InChI is InChI=1S/C11H18N2O5/c1-11(5-2-6-11)13-10(18)12-7(9(16)17)3-4-8(14)15/h7H,2-6H2,1H3,(H,14,15)(H,16,17)(H2,12,13,18). The SMILES string of the molecule is CC1(NC(=O)NC(CCC(=O)O)C(=O)O)CCC1. The molecule has 2 amide bonds. The summed E-state index contributed by atoms with van der Waals surface area (Å²) < 4.78 is 0. The highest BCUT2D eigenvalue weighted by molar-refractivity contribution is 5.83. The quantitative estimate of drug-likeness (QED) is 0.555. The second-order valence-corrected chi connectivity index (χ2v) is 4.84. The highest BCUT2D eigenvalue weighted by atomic mass is 16.4. The number of rotatable bonds is 6. The fraction of sp³-hybridized carbons (Fsp3) is 0.727. The molecule has 0 aromatic rings. The summed E-state index contributed by atoms with van der Waals surface area (Å²) in [5.74, 6) is -2.32. The van der Waals surface area contributed by atoms with Gasteiger partial charge >= 0.3 is 18.0 Å². The van der Waals surface area contributed by atoms with E-state index in [9.17, 15) is 14.4 Å². The van der Waals surface area contributed by atoms with Crippen molar-refractivity contribution >= 4 is 18.0 Å². The normalized spacial score (nSPS) is 18.3. The molecule has 0 spiro atoms. The van der Waals surface area contributed by atoms with Gasteiger partial charge in [0.2, 0.25) is 0 Å². The molecule has 0 bridgehead atoms. The van der Waals surface area contributed by atoms with Crippen LogP contribution in [0.1, 0.15) is 39.0 Å². The first-order chi connectivity index (χ1) is 8.32. The van der Waals surface area contributed by atoms with Gasteiger partial charge in [0.05, 0.1) is 0 Å². The van der Waals surface area contributed by atoms with Gasteiger partial charge in [-0.25, -0.2) is 9.59 Å². The predicted octanol–water partition coefficient (Wildman–Crippen LogP) is 0.546. The first-order valence-electron chi connectivity index (χ1n) is 5.86. The van der Waals surface area contributed by atoms with E-state index in [1.54, 1.807) is 0 Å². The van der Waals surface area contributed by atoms with Crippen molar-refractivity contribution in [2.24, 2.45) is 0 Å². The van der Waals surface area contributed by atoms with Crippen molar-refractivity contribution < 1.29 is 24.6 Å². The van der Waals surface area contributed by atoms with Crippen LogP contribution in [0.5, 0.6) is 0 Å². The molecule has 1 unspecified atom stereocenters. The number of carboxylic acid groups (broad SMARTS) is 2. The molecule has 1 aliphatic rings. The lowest BCUT2D eigenvalue weighted by atomic mass is 9.79. The number of urea groups is 1. The van der Waals surface area contributed by atoms with Crippen molar-refractivity contribution in [3.63, 3.8) is 0 Å². The van der Waals surface area contributed by atoms with E-state index >= 15 is 0 Å². The Morgan fingerprint density at radius 2 is 1.89 bits per heavy atom. The van der Waals surface area contributed by atoms with Gasteiger partial charge in [-0.15, -0.1) is 0 Å². The van der Waals surface area contributed by atoms with Gasteiger partial charge < -0.3 is 20.8 Å². The minimum Gasteiger partial charge on any atom is -0.481 e. The van der Waals surface area contributed by atoms with E-state index in [2.05, 4.69) is 10.6 Å². The fourth-order valence-electron chi connectivity index (χ4n) is 1.83. The van der Waals surface area contributed by atoms with Crippen LogP contribution in [0.25, 0.3) is 0 Å². The van der Waals surface area contributed by atoms with Crippen LogP contribution in [0.3, 0.4) is 0 Å². The summed E-state index contributed by atoms with van der Waals surface area (Å²) in [6.45, 7) is 1.89. The second-order valence-electron chi connectivity index (χ2n) is 4.84. The molecule has 0 aromatic heterocycles. The molecule has 0 aliphatic heterocycles. The summed E-state index contributed by atoms with van der Waals surface area (Å²) in [6, 6.07) is -1.74. The van der Waals surface area contributed by atoms with Crippen LogP contribution in [0.2, 0.25) is 0 Å². The van der Waals surface area contributed by atoms with Crippen molar-refractivity contribution in [1.29, 1.82) is 0 Å². The molecule has 1 fully saturated rings. The Morgan fingerprint density at radius 3 is 2.28 bits per heavy atom. The monoisotopic (exact) mass is 258 g/mol. The van der Waals surface area contributed by atoms with E-state index in [0.29, 0.717) is 0 Å². The third-order valence-corrected chi connectivity index (χ3v) is 3.12. The summed E-state index contributed by atoms with van der Waals surface area (Å²) in [7, 11) is 0. The molecule has 102 valence electrons. The molecule has 7 nitrogen and oxygen atoms in total. The maximum atomic E-state index is 11.6. The third-order valence-electron chi connectivity index (χ3n) is 3.12. The van der Waals surface area contributed by atoms with Gasteiger partial charge in [-0.3, -0.25) is 4.79 Å². The van der Waals surface area contributed by atoms with Crippen molar-refractivity contribution in [3.8, 4) is 0 Å². The van der Waals surface area contributed by atoms with Gasteiger partial charge in [-0.05, 0) is 32.6 Å². The van der Waals surface area contributed by atoms with E-state index in [0.717, 1.165) is 19.3 Å². The van der Waals surface area contributed by atoms with Crippen LogP contribution in [0.4, 0.5) is 4.79 Å². The number of carbonyl (C=O) groups is 3. The summed E-state index contributed by atoms with van der Waals surface area (Å²) in [5, 5.41) is 22.3.